The van der Waals surface area contributed by atoms with Crippen LogP contribution in [0.3, 0.4) is 0 Å². The first-order valence-corrected chi connectivity index (χ1v) is 10.0. The van der Waals surface area contributed by atoms with E-state index in [-0.39, 0.29) is 18.6 Å². The predicted octanol–water partition coefficient (Wildman–Crippen LogP) is 3.46. The first kappa shape index (κ1) is 22.2. The summed E-state index contributed by atoms with van der Waals surface area (Å²) in [5, 5.41) is 0. The van der Waals surface area contributed by atoms with Crippen LogP contribution < -0.4 is 14.2 Å². The summed E-state index contributed by atoms with van der Waals surface area (Å²) >= 11 is 0. The van der Waals surface area contributed by atoms with Crippen molar-refractivity contribution in [2.45, 2.75) is 25.4 Å². The second-order valence-corrected chi connectivity index (χ2v) is 7.16. The Hall–Kier alpha value is -3.48. The lowest BCUT2D eigenvalue weighted by Gasteiger charge is -2.22. The number of carbonyl (C=O) groups is 2. The Kier molecular flexibility index (Phi) is 7.54. The van der Waals surface area contributed by atoms with Gasteiger partial charge in [-0.25, -0.2) is 4.79 Å². The number of carbonyl (C=O) groups excluding carboxylic acids is 2. The van der Waals surface area contributed by atoms with Crippen LogP contribution >= 0.6 is 0 Å². The van der Waals surface area contributed by atoms with Crippen LogP contribution in [0.25, 0.3) is 6.08 Å². The topological polar surface area (TPSA) is 74.3 Å². The summed E-state index contributed by atoms with van der Waals surface area (Å²) in [6.07, 6.45) is 4.83. The Bertz CT molecular complexity index is 934. The lowest BCUT2D eigenvalue weighted by Crippen LogP contribution is -2.35. The molecule has 0 bridgehead atoms. The molecule has 0 heterocycles. The van der Waals surface area contributed by atoms with Gasteiger partial charge in [-0.3, -0.25) is 4.79 Å². The zero-order chi connectivity index (χ0) is 22.2. The van der Waals surface area contributed by atoms with E-state index in [0.717, 1.165) is 29.7 Å². The van der Waals surface area contributed by atoms with Crippen molar-refractivity contribution in [1.82, 2.24) is 4.90 Å². The second kappa shape index (κ2) is 10.5. The molecule has 0 unspecified atom stereocenters. The zero-order valence-electron chi connectivity index (χ0n) is 18.0. The van der Waals surface area contributed by atoms with Gasteiger partial charge >= 0.3 is 5.97 Å². The molecule has 164 valence electrons. The van der Waals surface area contributed by atoms with E-state index in [1.54, 1.807) is 50.5 Å². The monoisotopic (exact) mass is 425 g/mol. The van der Waals surface area contributed by atoms with E-state index in [4.69, 9.17) is 18.9 Å². The third-order valence-corrected chi connectivity index (χ3v) is 4.98. The number of amides is 1. The number of benzene rings is 2. The molecular formula is C24H27NO6. The summed E-state index contributed by atoms with van der Waals surface area (Å²) in [5.41, 5.74) is 1.75. The fraction of sp³-hybridized carbons (Fsp3) is 0.333. The van der Waals surface area contributed by atoms with Gasteiger partial charge < -0.3 is 23.8 Å². The van der Waals surface area contributed by atoms with E-state index in [9.17, 15) is 9.59 Å². The highest BCUT2D eigenvalue weighted by molar-refractivity contribution is 5.89. The van der Waals surface area contributed by atoms with E-state index in [1.165, 1.54) is 6.08 Å². The first-order valence-electron chi connectivity index (χ1n) is 10.0. The maximum Gasteiger partial charge on any atom is 0.331 e. The molecule has 1 fully saturated rings. The van der Waals surface area contributed by atoms with Crippen LogP contribution in [0.5, 0.6) is 17.2 Å². The minimum Gasteiger partial charge on any atom is -0.497 e. The number of methoxy groups -OCH3 is 3. The number of esters is 1. The molecule has 1 amide bonds. The summed E-state index contributed by atoms with van der Waals surface area (Å²) in [6.45, 7) is 0.189. The molecule has 0 aliphatic heterocycles. The maximum atomic E-state index is 12.7. The standard InChI is InChI=1S/C24H27NO6/c1-28-20-10-4-18(5-11-20)15-25(19-8-9-19)23(26)16-31-24(27)13-7-17-6-12-21(29-2)22(14-17)30-3/h4-7,10-14,19H,8-9,15-16H2,1-3H3/b13-7+. The maximum absolute atomic E-state index is 12.7. The highest BCUT2D eigenvalue weighted by Gasteiger charge is 2.32. The van der Waals surface area contributed by atoms with Gasteiger partial charge in [-0.15, -0.1) is 0 Å². The lowest BCUT2D eigenvalue weighted by atomic mass is 10.2. The summed E-state index contributed by atoms with van der Waals surface area (Å²) < 4.78 is 20.8. The van der Waals surface area contributed by atoms with E-state index in [2.05, 4.69) is 0 Å². The summed E-state index contributed by atoms with van der Waals surface area (Å²) in [4.78, 5) is 26.5. The van der Waals surface area contributed by atoms with Gasteiger partial charge in [-0.2, -0.15) is 0 Å². The van der Waals surface area contributed by atoms with Crippen LogP contribution in [0.2, 0.25) is 0 Å². The smallest absolute Gasteiger partial charge is 0.331 e. The minimum absolute atomic E-state index is 0.203. The molecule has 1 saturated carbocycles. The van der Waals surface area contributed by atoms with Crippen molar-refractivity contribution in [3.8, 4) is 17.2 Å². The molecule has 7 heteroatoms. The van der Waals surface area contributed by atoms with Crippen molar-refractivity contribution in [3.63, 3.8) is 0 Å². The molecule has 0 saturated heterocycles. The summed E-state index contributed by atoms with van der Waals surface area (Å²) in [5.74, 6) is 1.15. The molecule has 2 aromatic carbocycles. The van der Waals surface area contributed by atoms with Gasteiger partial charge in [0, 0.05) is 18.7 Å². The molecule has 0 atom stereocenters. The molecule has 0 spiro atoms. The molecule has 2 aromatic rings. The third-order valence-electron chi connectivity index (χ3n) is 4.98. The fourth-order valence-electron chi connectivity index (χ4n) is 3.12. The minimum atomic E-state index is -0.580. The van der Waals surface area contributed by atoms with Gasteiger partial charge in [0.2, 0.25) is 0 Å². The van der Waals surface area contributed by atoms with Crippen LogP contribution in [0.1, 0.15) is 24.0 Å². The van der Waals surface area contributed by atoms with Crippen molar-refractivity contribution in [2.75, 3.05) is 27.9 Å². The summed E-state index contributed by atoms with van der Waals surface area (Å²) in [6, 6.07) is 13.1. The Morgan fingerprint density at radius 2 is 1.68 bits per heavy atom. The van der Waals surface area contributed by atoms with Crippen LogP contribution in [0.4, 0.5) is 0 Å². The molecule has 0 aromatic heterocycles. The first-order chi connectivity index (χ1) is 15.0. The summed E-state index contributed by atoms with van der Waals surface area (Å²) in [7, 11) is 4.72. The highest BCUT2D eigenvalue weighted by atomic mass is 16.5. The van der Waals surface area contributed by atoms with Gasteiger partial charge in [0.15, 0.2) is 18.1 Å². The third kappa shape index (κ3) is 6.25. The Labute approximate surface area is 182 Å². The van der Waals surface area contributed by atoms with Gasteiger partial charge in [-0.1, -0.05) is 18.2 Å². The quantitative estimate of drug-likeness (QED) is 0.429. The lowest BCUT2D eigenvalue weighted by molar-refractivity contribution is -0.148. The molecule has 1 aliphatic rings. The number of hydrogen-bond acceptors (Lipinski definition) is 6. The van der Waals surface area contributed by atoms with Crippen LogP contribution in [-0.4, -0.2) is 50.8 Å². The van der Waals surface area contributed by atoms with Crippen molar-refractivity contribution < 1.29 is 28.5 Å². The Morgan fingerprint density at radius 1 is 0.968 bits per heavy atom. The van der Waals surface area contributed by atoms with Crippen LogP contribution in [-0.2, 0) is 20.9 Å². The van der Waals surface area contributed by atoms with Crippen molar-refractivity contribution in [1.29, 1.82) is 0 Å². The second-order valence-electron chi connectivity index (χ2n) is 7.16. The molecule has 31 heavy (non-hydrogen) atoms. The Morgan fingerprint density at radius 3 is 2.29 bits per heavy atom. The van der Waals surface area contributed by atoms with E-state index >= 15 is 0 Å². The molecular weight excluding hydrogens is 398 g/mol. The van der Waals surface area contributed by atoms with Gasteiger partial charge in [0.05, 0.1) is 21.3 Å². The van der Waals surface area contributed by atoms with Crippen LogP contribution in [0, 0.1) is 0 Å². The fourth-order valence-corrected chi connectivity index (χ4v) is 3.12. The number of rotatable bonds is 10. The van der Waals surface area contributed by atoms with Gasteiger partial charge in [0.1, 0.15) is 5.75 Å². The van der Waals surface area contributed by atoms with Crippen molar-refractivity contribution >= 4 is 18.0 Å². The van der Waals surface area contributed by atoms with Gasteiger partial charge in [0.25, 0.3) is 5.91 Å². The van der Waals surface area contributed by atoms with E-state index in [1.807, 2.05) is 24.3 Å². The number of hydrogen-bond donors (Lipinski definition) is 0. The largest absolute Gasteiger partial charge is 0.497 e. The SMILES string of the molecule is COc1ccc(CN(C(=O)COC(=O)/C=C/c2ccc(OC)c(OC)c2)C2CC2)cc1. The number of ether oxygens (including phenoxy) is 4. The number of nitrogens with zero attached hydrogens (tertiary/aromatic N) is 1. The Balaban J connectivity index is 1.54. The normalized spacial score (nSPS) is 13.0. The molecule has 0 radical (unpaired) electrons. The molecule has 3 rings (SSSR count). The highest BCUT2D eigenvalue weighted by Crippen LogP contribution is 2.29. The predicted molar refractivity (Wildman–Crippen MR) is 116 cm³/mol. The molecule has 0 N–H and O–H groups in total. The van der Waals surface area contributed by atoms with E-state index < -0.39 is 5.97 Å². The van der Waals surface area contributed by atoms with Crippen molar-refractivity contribution in [3.05, 3.63) is 59.7 Å². The molecule has 7 nitrogen and oxygen atoms in total. The molecule has 1 aliphatic carbocycles. The average molecular weight is 425 g/mol. The van der Waals surface area contributed by atoms with Crippen molar-refractivity contribution in [2.24, 2.45) is 0 Å². The van der Waals surface area contributed by atoms with Gasteiger partial charge in [-0.05, 0) is 54.3 Å². The zero-order valence-corrected chi connectivity index (χ0v) is 18.0. The average Bonchev–Trinajstić information content (AvgIpc) is 3.65. The van der Waals surface area contributed by atoms with Crippen LogP contribution in [0.15, 0.2) is 48.5 Å². The van der Waals surface area contributed by atoms with E-state index in [0.29, 0.717) is 18.0 Å².